The molecule has 1 N–H and O–H groups in total. The molecule has 0 unspecified atom stereocenters. The van der Waals surface area contributed by atoms with E-state index in [0.717, 1.165) is 38.6 Å². The lowest BCUT2D eigenvalue weighted by Crippen LogP contribution is -2.05. The molecule has 0 bridgehead atoms. The molecule has 0 saturated heterocycles. The first-order valence-corrected chi connectivity index (χ1v) is 11.7. The number of nitrogens with zero attached hydrogens (tertiary/aromatic N) is 7. The van der Waals surface area contributed by atoms with Crippen molar-refractivity contribution in [2.24, 2.45) is 14.1 Å². The lowest BCUT2D eigenvalue weighted by atomic mass is 10.1. The Hall–Kier alpha value is -4.28. The molecule has 2 aromatic carbocycles. The summed E-state index contributed by atoms with van der Waals surface area (Å²) in [5.41, 5.74) is 4.71. The minimum atomic E-state index is -0.199. The maximum atomic E-state index is 11.4. The van der Waals surface area contributed by atoms with Gasteiger partial charge in [-0.1, -0.05) is 23.2 Å². The van der Waals surface area contributed by atoms with Crippen molar-refractivity contribution in [1.82, 2.24) is 39.5 Å². The maximum absolute atomic E-state index is 11.4. The molecule has 0 aliphatic heterocycles. The Labute approximate surface area is 220 Å². The number of halogens is 2. The summed E-state index contributed by atoms with van der Waals surface area (Å²) in [7, 11) is 5.30. The molecule has 6 rings (SSSR count). The topological polar surface area (TPSA) is 116 Å². The van der Waals surface area contributed by atoms with E-state index >= 15 is 0 Å². The second-order valence-corrected chi connectivity index (χ2v) is 8.93. The number of rotatable bonds is 3. The number of fused-ring (bicyclic) bond motifs is 2. The Morgan fingerprint density at radius 1 is 0.784 bits per heavy atom. The van der Waals surface area contributed by atoms with Gasteiger partial charge in [0.05, 0.1) is 48.3 Å². The highest BCUT2D eigenvalue weighted by atomic mass is 35.5. The number of hydrogen-bond acceptors (Lipinski definition) is 7. The standard InChI is InChI=1S/C13H11ClN4O.C12H9ClN4O/c1-18-13-8(6-17-18)3-9(14)4-10(13)11-5-12(19-2)16-7-15-11;1-17-12-7(5-16-17)2-8(13)3-9(12)10-4-11(18)15-6-14-10/h3-7H,1-2H3;2-6H,1H3,(H,14,15,18). The van der Waals surface area contributed by atoms with Crippen molar-refractivity contribution in [3.63, 3.8) is 0 Å². The van der Waals surface area contributed by atoms with Crippen molar-refractivity contribution in [2.75, 3.05) is 7.11 Å². The molecule has 6 aromatic rings. The number of aromatic nitrogens is 8. The number of methoxy groups -OCH3 is 1. The van der Waals surface area contributed by atoms with Crippen LogP contribution in [0.1, 0.15) is 0 Å². The van der Waals surface area contributed by atoms with Gasteiger partial charge in [-0.25, -0.2) is 15.0 Å². The summed E-state index contributed by atoms with van der Waals surface area (Å²) in [4.78, 5) is 26.3. The number of ether oxygens (including phenoxy) is 1. The van der Waals surface area contributed by atoms with Crippen molar-refractivity contribution in [1.29, 1.82) is 0 Å². The van der Waals surface area contributed by atoms with Gasteiger partial charge in [0, 0.05) is 58.2 Å². The van der Waals surface area contributed by atoms with Crippen molar-refractivity contribution in [3.05, 3.63) is 81.8 Å². The minimum Gasteiger partial charge on any atom is -0.481 e. The number of benzene rings is 2. The van der Waals surface area contributed by atoms with Crippen LogP contribution in [0.25, 0.3) is 44.3 Å². The zero-order chi connectivity index (χ0) is 26.1. The number of H-pyrrole nitrogens is 1. The fourth-order valence-electron chi connectivity index (χ4n) is 4.08. The molecule has 0 aliphatic rings. The summed E-state index contributed by atoms with van der Waals surface area (Å²) >= 11 is 12.2. The highest BCUT2D eigenvalue weighted by Crippen LogP contribution is 2.32. The van der Waals surface area contributed by atoms with E-state index < -0.39 is 0 Å². The fraction of sp³-hybridized carbons (Fsp3) is 0.120. The van der Waals surface area contributed by atoms with Crippen LogP contribution in [0.15, 0.2) is 66.2 Å². The van der Waals surface area contributed by atoms with E-state index in [9.17, 15) is 4.79 Å². The SMILES string of the molecule is COc1cc(-c2cc(Cl)cc3cnn(C)c23)ncn1.Cn1ncc2cc(Cl)cc(-c3cc(=O)[nH]cn3)c21. The molecule has 0 fully saturated rings. The summed E-state index contributed by atoms with van der Waals surface area (Å²) in [5.74, 6) is 0.514. The second-order valence-electron chi connectivity index (χ2n) is 8.06. The summed E-state index contributed by atoms with van der Waals surface area (Å²) in [6.07, 6.45) is 6.36. The first kappa shape index (κ1) is 24.4. The summed E-state index contributed by atoms with van der Waals surface area (Å²) in [6.45, 7) is 0. The van der Waals surface area contributed by atoms with Crippen LogP contribution in [0.2, 0.25) is 10.0 Å². The van der Waals surface area contributed by atoms with Gasteiger partial charge in [-0.15, -0.1) is 0 Å². The number of aryl methyl sites for hydroxylation is 2. The number of aromatic amines is 1. The first-order valence-electron chi connectivity index (χ1n) is 11.0. The van der Waals surface area contributed by atoms with Gasteiger partial charge in [0.2, 0.25) is 5.88 Å². The Balaban J connectivity index is 0.000000152. The summed E-state index contributed by atoms with van der Waals surface area (Å²) < 4.78 is 8.66. The molecule has 4 aromatic heterocycles. The van der Waals surface area contributed by atoms with Gasteiger partial charge in [0.25, 0.3) is 5.56 Å². The first-order chi connectivity index (χ1) is 17.8. The normalized spacial score (nSPS) is 10.9. The van der Waals surface area contributed by atoms with E-state index in [0.29, 0.717) is 21.6 Å². The monoisotopic (exact) mass is 534 g/mol. The molecule has 0 atom stereocenters. The van der Waals surface area contributed by atoms with Gasteiger partial charge >= 0.3 is 0 Å². The minimum absolute atomic E-state index is 0.199. The van der Waals surface area contributed by atoms with Crippen LogP contribution < -0.4 is 10.3 Å². The molecule has 37 heavy (non-hydrogen) atoms. The van der Waals surface area contributed by atoms with E-state index in [1.54, 1.807) is 41.0 Å². The molecule has 10 nitrogen and oxygen atoms in total. The third kappa shape index (κ3) is 4.89. The van der Waals surface area contributed by atoms with Crippen LogP contribution in [-0.2, 0) is 14.1 Å². The fourth-order valence-corrected chi connectivity index (χ4v) is 4.53. The van der Waals surface area contributed by atoms with Crippen LogP contribution >= 0.6 is 23.2 Å². The predicted molar refractivity (Wildman–Crippen MR) is 143 cm³/mol. The van der Waals surface area contributed by atoms with Gasteiger partial charge in [0.15, 0.2) is 0 Å². The second kappa shape index (κ2) is 10.00. The zero-order valence-corrected chi connectivity index (χ0v) is 21.5. The smallest absolute Gasteiger partial charge is 0.251 e. The summed E-state index contributed by atoms with van der Waals surface area (Å²) in [5, 5.41) is 11.6. The Morgan fingerprint density at radius 3 is 1.89 bits per heavy atom. The van der Waals surface area contributed by atoms with Crippen molar-refractivity contribution >= 4 is 45.0 Å². The van der Waals surface area contributed by atoms with Crippen LogP contribution in [0.5, 0.6) is 5.88 Å². The molecule has 4 heterocycles. The lowest BCUT2D eigenvalue weighted by molar-refractivity contribution is 0.397. The molecule has 0 radical (unpaired) electrons. The van der Waals surface area contributed by atoms with Crippen molar-refractivity contribution in [3.8, 4) is 28.4 Å². The molecule has 12 heteroatoms. The van der Waals surface area contributed by atoms with Crippen LogP contribution in [-0.4, -0.2) is 46.6 Å². The molecule has 0 amide bonds. The average molecular weight is 535 g/mol. The lowest BCUT2D eigenvalue weighted by Gasteiger charge is -2.06. The Kier molecular flexibility index (Phi) is 6.60. The largest absolute Gasteiger partial charge is 0.481 e. The van der Waals surface area contributed by atoms with Gasteiger partial charge in [-0.2, -0.15) is 10.2 Å². The van der Waals surface area contributed by atoms with Crippen molar-refractivity contribution in [2.45, 2.75) is 0 Å². The number of hydrogen-bond donors (Lipinski definition) is 1. The van der Waals surface area contributed by atoms with E-state index in [2.05, 4.69) is 30.1 Å². The van der Waals surface area contributed by atoms with E-state index in [4.69, 9.17) is 27.9 Å². The quantitative estimate of drug-likeness (QED) is 0.350. The Morgan fingerprint density at radius 2 is 1.35 bits per heavy atom. The van der Waals surface area contributed by atoms with E-state index in [-0.39, 0.29) is 5.56 Å². The number of nitrogens with one attached hydrogen (secondary N) is 1. The Bertz CT molecular complexity index is 1810. The van der Waals surface area contributed by atoms with Gasteiger partial charge < -0.3 is 9.72 Å². The molecular formula is C25H20Cl2N8O2. The van der Waals surface area contributed by atoms with Gasteiger partial charge in [-0.3, -0.25) is 14.2 Å². The highest BCUT2D eigenvalue weighted by molar-refractivity contribution is 6.32. The predicted octanol–water partition coefficient (Wildman–Crippen LogP) is 4.67. The van der Waals surface area contributed by atoms with E-state index in [1.165, 1.54) is 18.7 Å². The summed E-state index contributed by atoms with van der Waals surface area (Å²) in [6, 6.07) is 10.6. The third-order valence-electron chi connectivity index (χ3n) is 5.68. The zero-order valence-electron chi connectivity index (χ0n) is 20.0. The third-order valence-corrected chi connectivity index (χ3v) is 6.11. The highest BCUT2D eigenvalue weighted by Gasteiger charge is 2.13. The van der Waals surface area contributed by atoms with Gasteiger partial charge in [0.1, 0.15) is 6.33 Å². The molecule has 0 spiro atoms. The molecule has 186 valence electrons. The maximum Gasteiger partial charge on any atom is 0.251 e. The van der Waals surface area contributed by atoms with Crippen LogP contribution in [0.4, 0.5) is 0 Å². The average Bonchev–Trinajstić information content (AvgIpc) is 3.45. The van der Waals surface area contributed by atoms with Gasteiger partial charge in [-0.05, 0) is 24.3 Å². The molecule has 0 saturated carbocycles. The molecule has 0 aliphatic carbocycles. The van der Waals surface area contributed by atoms with E-state index in [1.807, 2.05) is 32.3 Å². The van der Waals surface area contributed by atoms with Crippen LogP contribution in [0, 0.1) is 0 Å². The van der Waals surface area contributed by atoms with Crippen molar-refractivity contribution < 1.29 is 4.74 Å². The molecular weight excluding hydrogens is 515 g/mol. The van der Waals surface area contributed by atoms with Crippen LogP contribution in [0.3, 0.4) is 0 Å².